The molecule has 0 aliphatic rings. The minimum Gasteiger partial charge on any atom is -0.237 e. The van der Waals surface area contributed by atoms with Crippen molar-refractivity contribution in [2.45, 2.75) is 34.6 Å². The number of aliphatic imine (C=N–C) groups is 1. The zero-order valence-corrected chi connectivity index (χ0v) is 11.7. The Bertz CT molecular complexity index is 316. The predicted molar refractivity (Wildman–Crippen MR) is 77.2 cm³/mol. The van der Waals surface area contributed by atoms with Crippen molar-refractivity contribution < 1.29 is 0 Å². The fourth-order valence-electron chi connectivity index (χ4n) is 0.676. The molecule has 0 saturated heterocycles. The third-order valence-corrected chi connectivity index (χ3v) is 1.88. The van der Waals surface area contributed by atoms with Crippen molar-refractivity contribution in [1.29, 1.82) is 0 Å². The van der Waals surface area contributed by atoms with Crippen LogP contribution in [-0.4, -0.2) is 5.17 Å². The fourth-order valence-corrected chi connectivity index (χ4v) is 0.767. The van der Waals surface area contributed by atoms with E-state index in [1.165, 1.54) is 0 Å². The lowest BCUT2D eigenvalue weighted by atomic mass is 10.2. The van der Waals surface area contributed by atoms with Gasteiger partial charge in [0, 0.05) is 0 Å². The maximum Gasteiger partial charge on any atom is 0.132 e. The smallest absolute Gasteiger partial charge is 0.132 e. The first-order valence-electron chi connectivity index (χ1n) is 5.35. The fraction of sp³-hybridized carbons (Fsp3) is 0.357. The van der Waals surface area contributed by atoms with Crippen LogP contribution >= 0.6 is 11.6 Å². The summed E-state index contributed by atoms with van der Waals surface area (Å²) in [5, 5.41) is 0.440. The van der Waals surface area contributed by atoms with Gasteiger partial charge in [-0.3, -0.25) is 0 Å². The van der Waals surface area contributed by atoms with Gasteiger partial charge in [-0.15, -0.1) is 0 Å². The molecule has 0 amide bonds. The van der Waals surface area contributed by atoms with Crippen molar-refractivity contribution >= 4 is 16.8 Å². The van der Waals surface area contributed by atoms with Gasteiger partial charge in [0.05, 0.1) is 5.70 Å². The zero-order valence-electron chi connectivity index (χ0n) is 11.0. The molecule has 2 heteroatoms. The number of halogens is 1. The van der Waals surface area contributed by atoms with E-state index in [2.05, 4.69) is 18.2 Å². The molecule has 0 spiro atoms. The second-order valence-corrected chi connectivity index (χ2v) is 3.52. The highest BCUT2D eigenvalue weighted by molar-refractivity contribution is 6.69. The maximum atomic E-state index is 5.89. The average Bonchev–Trinajstić information content (AvgIpc) is 2.26. The quantitative estimate of drug-likeness (QED) is 0.469. The summed E-state index contributed by atoms with van der Waals surface area (Å²) in [5.74, 6) is 0. The van der Waals surface area contributed by atoms with Gasteiger partial charge in [0.1, 0.15) is 5.17 Å². The van der Waals surface area contributed by atoms with Gasteiger partial charge < -0.3 is 0 Å². The van der Waals surface area contributed by atoms with Crippen LogP contribution in [0.2, 0.25) is 0 Å². The SMILES string of the molecule is C=C/C=C\C(N=C(Cl)C(=C)C)=C(C)C.CC. The molecule has 0 N–H and O–H groups in total. The van der Waals surface area contributed by atoms with Crippen molar-refractivity contribution in [3.05, 3.63) is 48.2 Å². The van der Waals surface area contributed by atoms with E-state index < -0.39 is 0 Å². The Labute approximate surface area is 105 Å². The van der Waals surface area contributed by atoms with Gasteiger partial charge in [0.2, 0.25) is 0 Å². The summed E-state index contributed by atoms with van der Waals surface area (Å²) >= 11 is 5.89. The van der Waals surface area contributed by atoms with Crippen molar-refractivity contribution in [2.24, 2.45) is 4.99 Å². The number of rotatable bonds is 4. The average molecular weight is 240 g/mol. The largest absolute Gasteiger partial charge is 0.237 e. The van der Waals surface area contributed by atoms with Crippen molar-refractivity contribution in [1.82, 2.24) is 0 Å². The Morgan fingerprint density at radius 2 is 1.69 bits per heavy atom. The molecular formula is C14H22ClN. The zero-order chi connectivity index (χ0) is 13.1. The minimum absolute atomic E-state index is 0.440. The second kappa shape index (κ2) is 10.4. The summed E-state index contributed by atoms with van der Waals surface area (Å²) in [4.78, 5) is 4.24. The summed E-state index contributed by atoms with van der Waals surface area (Å²) < 4.78 is 0. The van der Waals surface area contributed by atoms with Gasteiger partial charge in [-0.2, -0.15) is 0 Å². The number of nitrogens with zero attached hydrogens (tertiary/aromatic N) is 1. The number of hydrogen-bond donors (Lipinski definition) is 0. The summed E-state index contributed by atoms with van der Waals surface area (Å²) in [6.45, 7) is 17.1. The standard InChI is InChI=1S/C12H16ClN.C2H6/c1-6-7-8-11(9(2)3)14-12(13)10(4)5;1-2/h6-8H,1,4H2,2-3,5H3;1-2H3/b8-7-,14-12?;. The molecule has 0 aromatic rings. The molecule has 0 aliphatic carbocycles. The molecule has 16 heavy (non-hydrogen) atoms. The molecule has 0 bridgehead atoms. The van der Waals surface area contributed by atoms with E-state index >= 15 is 0 Å². The lowest BCUT2D eigenvalue weighted by Crippen LogP contribution is -1.89. The molecular weight excluding hydrogens is 218 g/mol. The Kier molecular flexibility index (Phi) is 11.3. The molecule has 0 fully saturated rings. The molecule has 0 aliphatic heterocycles. The minimum atomic E-state index is 0.440. The van der Waals surface area contributed by atoms with Crippen LogP contribution < -0.4 is 0 Å². The summed E-state index contributed by atoms with van der Waals surface area (Å²) in [6.07, 6.45) is 5.40. The van der Waals surface area contributed by atoms with Gasteiger partial charge in [-0.05, 0) is 32.4 Å². The van der Waals surface area contributed by atoms with E-state index in [0.717, 1.165) is 16.8 Å². The van der Waals surface area contributed by atoms with E-state index in [1.54, 1.807) is 6.08 Å². The van der Waals surface area contributed by atoms with E-state index in [-0.39, 0.29) is 0 Å². The van der Waals surface area contributed by atoms with Crippen LogP contribution in [-0.2, 0) is 0 Å². The van der Waals surface area contributed by atoms with Crippen molar-refractivity contribution in [2.75, 3.05) is 0 Å². The highest BCUT2D eigenvalue weighted by Crippen LogP contribution is 2.11. The van der Waals surface area contributed by atoms with Crippen LogP contribution in [0, 0.1) is 0 Å². The molecule has 0 rings (SSSR count). The summed E-state index contributed by atoms with van der Waals surface area (Å²) in [7, 11) is 0. The predicted octanol–water partition coefficient (Wildman–Crippen LogP) is 5.26. The lowest BCUT2D eigenvalue weighted by molar-refractivity contribution is 1.25. The van der Waals surface area contributed by atoms with Crippen molar-refractivity contribution in [3.63, 3.8) is 0 Å². The van der Waals surface area contributed by atoms with Gasteiger partial charge >= 0.3 is 0 Å². The van der Waals surface area contributed by atoms with Gasteiger partial charge in [-0.25, -0.2) is 4.99 Å². The topological polar surface area (TPSA) is 12.4 Å². The van der Waals surface area contributed by atoms with E-state index in [4.69, 9.17) is 11.6 Å². The first-order chi connectivity index (χ1) is 7.49. The van der Waals surface area contributed by atoms with Gasteiger partial charge in [0.25, 0.3) is 0 Å². The first-order valence-corrected chi connectivity index (χ1v) is 5.73. The molecule has 0 aromatic carbocycles. The number of hydrogen-bond acceptors (Lipinski definition) is 1. The van der Waals surface area contributed by atoms with Crippen LogP contribution in [0.4, 0.5) is 0 Å². The molecule has 0 heterocycles. The maximum absolute atomic E-state index is 5.89. The van der Waals surface area contributed by atoms with Crippen LogP contribution in [0.5, 0.6) is 0 Å². The van der Waals surface area contributed by atoms with Crippen LogP contribution in [0.3, 0.4) is 0 Å². The molecule has 0 atom stereocenters. The first kappa shape index (κ1) is 17.3. The summed E-state index contributed by atoms with van der Waals surface area (Å²) in [6, 6.07) is 0. The summed E-state index contributed by atoms with van der Waals surface area (Å²) in [5.41, 5.74) is 2.71. The van der Waals surface area contributed by atoms with Crippen molar-refractivity contribution in [3.8, 4) is 0 Å². The molecule has 90 valence electrons. The number of allylic oxidation sites excluding steroid dienone is 5. The Hall–Kier alpha value is -1.08. The monoisotopic (exact) mass is 239 g/mol. The third kappa shape index (κ3) is 8.25. The highest BCUT2D eigenvalue weighted by Gasteiger charge is 1.97. The highest BCUT2D eigenvalue weighted by atomic mass is 35.5. The van der Waals surface area contributed by atoms with Gasteiger partial charge in [0.15, 0.2) is 0 Å². The Morgan fingerprint density at radius 1 is 1.19 bits per heavy atom. The lowest BCUT2D eigenvalue weighted by Gasteiger charge is -2.00. The third-order valence-electron chi connectivity index (χ3n) is 1.47. The molecule has 0 unspecified atom stereocenters. The Balaban J connectivity index is 0. The van der Waals surface area contributed by atoms with Crippen LogP contribution in [0.1, 0.15) is 34.6 Å². The molecule has 0 aromatic heterocycles. The second-order valence-electron chi connectivity index (χ2n) is 3.16. The molecule has 1 nitrogen and oxygen atoms in total. The van der Waals surface area contributed by atoms with E-state index in [0.29, 0.717) is 5.17 Å². The Morgan fingerprint density at radius 3 is 2.00 bits per heavy atom. The molecule has 0 saturated carbocycles. The van der Waals surface area contributed by atoms with E-state index in [9.17, 15) is 0 Å². The normalized spacial score (nSPS) is 10.5. The van der Waals surface area contributed by atoms with Gasteiger partial charge in [-0.1, -0.05) is 56.3 Å². The van der Waals surface area contributed by atoms with Crippen LogP contribution in [0.15, 0.2) is 53.2 Å². The van der Waals surface area contributed by atoms with E-state index in [1.807, 2.05) is 46.8 Å². The van der Waals surface area contributed by atoms with Crippen LogP contribution in [0.25, 0.3) is 0 Å². The molecule has 0 radical (unpaired) electrons.